The highest BCUT2D eigenvalue weighted by molar-refractivity contribution is 7.16. The Hall–Kier alpha value is -0.910. The fourth-order valence-electron chi connectivity index (χ4n) is 1.93. The van der Waals surface area contributed by atoms with Gasteiger partial charge in [0.1, 0.15) is 0 Å². The number of hydrogen-bond acceptors (Lipinski definition) is 5. The molecule has 4 nitrogen and oxygen atoms in total. The van der Waals surface area contributed by atoms with Crippen molar-refractivity contribution in [2.24, 2.45) is 5.92 Å². The average Bonchev–Trinajstić information content (AvgIpc) is 2.97. The van der Waals surface area contributed by atoms with Crippen LogP contribution in [-0.2, 0) is 19.5 Å². The molecule has 0 aliphatic heterocycles. The summed E-state index contributed by atoms with van der Waals surface area (Å²) in [5.41, 5.74) is 0. The minimum atomic E-state index is 0.538. The van der Waals surface area contributed by atoms with Crippen molar-refractivity contribution in [1.82, 2.24) is 15.0 Å². The van der Waals surface area contributed by atoms with Crippen molar-refractivity contribution in [2.45, 2.75) is 40.3 Å². The number of halogens is 1. The van der Waals surface area contributed by atoms with Crippen LogP contribution >= 0.6 is 22.9 Å². The first-order valence-electron chi connectivity index (χ1n) is 6.84. The van der Waals surface area contributed by atoms with Gasteiger partial charge in [0, 0.05) is 17.8 Å². The number of thiophene rings is 1. The van der Waals surface area contributed by atoms with Crippen LogP contribution in [0.3, 0.4) is 0 Å². The molecule has 0 amide bonds. The predicted octanol–water partition coefficient (Wildman–Crippen LogP) is 4.01. The van der Waals surface area contributed by atoms with E-state index in [1.165, 1.54) is 4.88 Å². The summed E-state index contributed by atoms with van der Waals surface area (Å²) in [6.45, 7) is 8.88. The van der Waals surface area contributed by atoms with Gasteiger partial charge in [0.15, 0.2) is 5.82 Å². The summed E-state index contributed by atoms with van der Waals surface area (Å²) in [6, 6.07) is 4.00. The van der Waals surface area contributed by atoms with Gasteiger partial charge >= 0.3 is 0 Å². The largest absolute Gasteiger partial charge is 0.338 e. The molecule has 0 saturated carbocycles. The third-order valence-electron chi connectivity index (χ3n) is 2.92. The van der Waals surface area contributed by atoms with E-state index in [1.54, 1.807) is 11.3 Å². The quantitative estimate of drug-likeness (QED) is 0.774. The maximum Gasteiger partial charge on any atom is 0.240 e. The molecule has 6 heteroatoms. The molecular formula is C14H20ClN3OS. The van der Waals surface area contributed by atoms with Crippen LogP contribution in [0.5, 0.6) is 0 Å². The van der Waals surface area contributed by atoms with Crippen LogP contribution in [-0.4, -0.2) is 21.6 Å². The fourth-order valence-corrected chi connectivity index (χ4v) is 3.06. The molecule has 0 aliphatic rings. The van der Waals surface area contributed by atoms with E-state index >= 15 is 0 Å². The lowest BCUT2D eigenvalue weighted by atomic mass is 10.1. The molecule has 0 radical (unpaired) electrons. The number of aromatic nitrogens is 2. The van der Waals surface area contributed by atoms with E-state index in [0.717, 1.165) is 29.7 Å². The van der Waals surface area contributed by atoms with Gasteiger partial charge < -0.3 is 4.52 Å². The minimum absolute atomic E-state index is 0.538. The van der Waals surface area contributed by atoms with E-state index in [4.69, 9.17) is 16.1 Å². The summed E-state index contributed by atoms with van der Waals surface area (Å²) < 4.78 is 6.14. The number of rotatable bonds is 7. The Labute approximate surface area is 128 Å². The van der Waals surface area contributed by atoms with E-state index in [1.807, 2.05) is 6.07 Å². The summed E-state index contributed by atoms with van der Waals surface area (Å²) in [5, 5.41) is 4.02. The van der Waals surface area contributed by atoms with Crippen molar-refractivity contribution in [2.75, 3.05) is 6.54 Å². The third kappa shape index (κ3) is 4.58. The molecule has 2 aromatic rings. The van der Waals surface area contributed by atoms with E-state index in [9.17, 15) is 0 Å². The van der Waals surface area contributed by atoms with E-state index in [2.05, 4.69) is 41.9 Å². The Balaban J connectivity index is 1.94. The van der Waals surface area contributed by atoms with Crippen molar-refractivity contribution in [3.05, 3.63) is 33.1 Å². The predicted molar refractivity (Wildman–Crippen MR) is 82.0 cm³/mol. The lowest BCUT2D eigenvalue weighted by molar-refractivity contribution is 0.230. The van der Waals surface area contributed by atoms with Crippen LogP contribution in [0.1, 0.15) is 37.4 Å². The maximum absolute atomic E-state index is 5.96. The summed E-state index contributed by atoms with van der Waals surface area (Å²) >= 11 is 7.57. The highest BCUT2D eigenvalue weighted by Gasteiger charge is 2.13. The third-order valence-corrected chi connectivity index (χ3v) is 4.13. The SMILES string of the molecule is CCN(Cc1nc(CC(C)C)no1)Cc1ccc(Cl)s1. The first-order chi connectivity index (χ1) is 9.56. The van der Waals surface area contributed by atoms with Gasteiger partial charge in [-0.15, -0.1) is 11.3 Å². The molecule has 2 aromatic heterocycles. The van der Waals surface area contributed by atoms with Crippen molar-refractivity contribution < 1.29 is 4.52 Å². The van der Waals surface area contributed by atoms with Crippen LogP contribution in [0.15, 0.2) is 16.7 Å². The van der Waals surface area contributed by atoms with E-state index < -0.39 is 0 Å². The van der Waals surface area contributed by atoms with Gasteiger partial charge in [-0.25, -0.2) is 0 Å². The molecule has 0 N–H and O–H groups in total. The molecule has 0 aromatic carbocycles. The van der Waals surface area contributed by atoms with Gasteiger partial charge in [-0.1, -0.05) is 37.5 Å². The first-order valence-corrected chi connectivity index (χ1v) is 8.04. The van der Waals surface area contributed by atoms with Crippen LogP contribution in [0.2, 0.25) is 4.34 Å². The molecule has 0 bridgehead atoms. The van der Waals surface area contributed by atoms with Crippen molar-refractivity contribution in [3.8, 4) is 0 Å². The number of hydrogen-bond donors (Lipinski definition) is 0. The molecule has 0 spiro atoms. The van der Waals surface area contributed by atoms with Crippen LogP contribution in [0, 0.1) is 5.92 Å². The molecule has 20 heavy (non-hydrogen) atoms. The Morgan fingerprint density at radius 1 is 1.35 bits per heavy atom. The summed E-state index contributed by atoms with van der Waals surface area (Å²) in [5.74, 6) is 2.02. The fraction of sp³-hybridized carbons (Fsp3) is 0.571. The summed E-state index contributed by atoms with van der Waals surface area (Å²) in [6.07, 6.45) is 0.857. The molecule has 110 valence electrons. The molecule has 2 heterocycles. The van der Waals surface area contributed by atoms with Gasteiger partial charge in [0.05, 0.1) is 10.9 Å². The molecule has 0 unspecified atom stereocenters. The van der Waals surface area contributed by atoms with Gasteiger partial charge in [-0.05, 0) is 24.6 Å². The van der Waals surface area contributed by atoms with Gasteiger partial charge in [-0.2, -0.15) is 4.98 Å². The summed E-state index contributed by atoms with van der Waals surface area (Å²) in [7, 11) is 0. The van der Waals surface area contributed by atoms with Crippen molar-refractivity contribution in [3.63, 3.8) is 0 Å². The Bertz CT molecular complexity index is 538. The smallest absolute Gasteiger partial charge is 0.240 e. The monoisotopic (exact) mass is 313 g/mol. The van der Waals surface area contributed by atoms with E-state index in [-0.39, 0.29) is 0 Å². The zero-order valence-electron chi connectivity index (χ0n) is 12.1. The molecular weight excluding hydrogens is 294 g/mol. The second kappa shape index (κ2) is 7.20. The van der Waals surface area contributed by atoms with Gasteiger partial charge in [0.2, 0.25) is 5.89 Å². The first kappa shape index (κ1) is 15.5. The average molecular weight is 314 g/mol. The Kier molecular flexibility index (Phi) is 5.57. The van der Waals surface area contributed by atoms with Gasteiger partial charge in [0.25, 0.3) is 0 Å². The lowest BCUT2D eigenvalue weighted by Gasteiger charge is -2.16. The lowest BCUT2D eigenvalue weighted by Crippen LogP contribution is -2.22. The number of nitrogens with zero attached hydrogens (tertiary/aromatic N) is 3. The molecule has 0 atom stereocenters. The zero-order valence-corrected chi connectivity index (χ0v) is 13.7. The van der Waals surface area contributed by atoms with E-state index in [0.29, 0.717) is 18.4 Å². The summed E-state index contributed by atoms with van der Waals surface area (Å²) in [4.78, 5) is 7.95. The maximum atomic E-state index is 5.96. The topological polar surface area (TPSA) is 42.2 Å². The second-order valence-electron chi connectivity index (χ2n) is 5.21. The Morgan fingerprint density at radius 2 is 2.15 bits per heavy atom. The Morgan fingerprint density at radius 3 is 2.75 bits per heavy atom. The van der Waals surface area contributed by atoms with Crippen LogP contribution in [0.25, 0.3) is 0 Å². The molecule has 2 rings (SSSR count). The standard InChI is InChI=1S/C14H20ClN3OS/c1-4-18(8-11-5-6-12(15)20-11)9-14-16-13(17-19-14)7-10(2)3/h5-6,10H,4,7-9H2,1-3H3. The highest BCUT2D eigenvalue weighted by atomic mass is 35.5. The molecule has 0 aliphatic carbocycles. The second-order valence-corrected chi connectivity index (χ2v) is 7.01. The van der Waals surface area contributed by atoms with Gasteiger partial charge in [-0.3, -0.25) is 4.90 Å². The molecule has 0 fully saturated rings. The van der Waals surface area contributed by atoms with Crippen molar-refractivity contribution in [1.29, 1.82) is 0 Å². The normalized spacial score (nSPS) is 11.7. The van der Waals surface area contributed by atoms with Crippen molar-refractivity contribution >= 4 is 22.9 Å². The zero-order chi connectivity index (χ0) is 14.5. The minimum Gasteiger partial charge on any atom is -0.338 e. The van der Waals surface area contributed by atoms with Crippen LogP contribution < -0.4 is 0 Å². The highest BCUT2D eigenvalue weighted by Crippen LogP contribution is 2.23. The molecule has 0 saturated heterocycles. The van der Waals surface area contributed by atoms with Crippen LogP contribution in [0.4, 0.5) is 0 Å².